The van der Waals surface area contributed by atoms with E-state index in [1.807, 2.05) is 0 Å². The predicted molar refractivity (Wildman–Crippen MR) is 125 cm³/mol. The highest BCUT2D eigenvalue weighted by Crippen LogP contribution is 2.24. The number of rotatable bonds is 6. The molecule has 0 radical (unpaired) electrons. The number of piperazine rings is 1. The van der Waals surface area contributed by atoms with Crippen molar-refractivity contribution in [3.05, 3.63) is 77.7 Å². The van der Waals surface area contributed by atoms with Gasteiger partial charge in [-0.25, -0.2) is 0 Å². The van der Waals surface area contributed by atoms with Gasteiger partial charge in [-0.05, 0) is 23.6 Å². The minimum atomic E-state index is 0.516. The summed E-state index contributed by atoms with van der Waals surface area (Å²) in [6, 6.07) is 19.7. The second kappa shape index (κ2) is 8.55. The van der Waals surface area contributed by atoms with Crippen molar-refractivity contribution in [2.75, 3.05) is 24.5 Å². The number of aromatic amines is 1. The summed E-state index contributed by atoms with van der Waals surface area (Å²) in [6.45, 7) is 6.30. The lowest BCUT2D eigenvalue weighted by Crippen LogP contribution is -2.53. The first kappa shape index (κ1) is 19.8. The highest BCUT2D eigenvalue weighted by Gasteiger charge is 2.28. The topological polar surface area (TPSA) is 53.0 Å². The number of para-hydroxylation sites is 1. The minimum absolute atomic E-state index is 0.516. The van der Waals surface area contributed by atoms with Gasteiger partial charge in [-0.2, -0.15) is 0 Å². The van der Waals surface area contributed by atoms with Crippen molar-refractivity contribution in [3.8, 4) is 0 Å². The Hall–Kier alpha value is -3.12. The number of H-pyrrole nitrogens is 1. The zero-order valence-electron chi connectivity index (χ0n) is 18.3. The lowest BCUT2D eigenvalue weighted by atomic mass is 10.1. The van der Waals surface area contributed by atoms with Gasteiger partial charge in [0.25, 0.3) is 0 Å². The molecule has 0 saturated carbocycles. The minimum Gasteiger partial charge on any atom is -0.361 e. The smallest absolute Gasteiger partial charge is 0.227 e. The zero-order valence-corrected chi connectivity index (χ0v) is 18.3. The van der Waals surface area contributed by atoms with E-state index in [2.05, 4.69) is 104 Å². The third-order valence-electron chi connectivity index (χ3n) is 6.55. The SMILES string of the molecule is CCC1CN(c2nnc(Cc3c[nH]c4ccccc34)n2C)CCN1Cc1ccccc1. The lowest BCUT2D eigenvalue weighted by molar-refractivity contribution is 0.162. The second-order valence-electron chi connectivity index (χ2n) is 8.48. The Morgan fingerprint density at radius 3 is 2.65 bits per heavy atom. The molecule has 0 aliphatic carbocycles. The normalized spacial score (nSPS) is 17.5. The summed E-state index contributed by atoms with van der Waals surface area (Å²) in [5.41, 5.74) is 3.81. The highest BCUT2D eigenvalue weighted by molar-refractivity contribution is 5.83. The first-order valence-corrected chi connectivity index (χ1v) is 11.2. The second-order valence-corrected chi connectivity index (χ2v) is 8.48. The molecule has 6 heteroatoms. The summed E-state index contributed by atoms with van der Waals surface area (Å²) in [5, 5.41) is 10.4. The van der Waals surface area contributed by atoms with Crippen LogP contribution in [-0.4, -0.2) is 50.3 Å². The Morgan fingerprint density at radius 1 is 1.00 bits per heavy atom. The summed E-state index contributed by atoms with van der Waals surface area (Å²) in [7, 11) is 2.09. The average molecular weight is 415 g/mol. The van der Waals surface area contributed by atoms with Crippen LogP contribution in [0, 0.1) is 0 Å². The monoisotopic (exact) mass is 414 g/mol. The number of fused-ring (bicyclic) bond motifs is 1. The molecule has 1 unspecified atom stereocenters. The molecule has 6 nitrogen and oxygen atoms in total. The van der Waals surface area contributed by atoms with Crippen molar-refractivity contribution in [2.45, 2.75) is 32.4 Å². The van der Waals surface area contributed by atoms with Gasteiger partial charge in [0, 0.05) is 62.8 Å². The van der Waals surface area contributed by atoms with E-state index >= 15 is 0 Å². The summed E-state index contributed by atoms with van der Waals surface area (Å²) in [6.07, 6.45) is 4.00. The number of hydrogen-bond acceptors (Lipinski definition) is 4. The third-order valence-corrected chi connectivity index (χ3v) is 6.55. The van der Waals surface area contributed by atoms with Crippen LogP contribution in [0.15, 0.2) is 60.8 Å². The van der Waals surface area contributed by atoms with E-state index in [0.717, 1.165) is 50.8 Å². The summed E-state index contributed by atoms with van der Waals surface area (Å²) >= 11 is 0. The Morgan fingerprint density at radius 2 is 1.81 bits per heavy atom. The maximum atomic E-state index is 4.59. The van der Waals surface area contributed by atoms with Crippen molar-refractivity contribution < 1.29 is 0 Å². The maximum Gasteiger partial charge on any atom is 0.227 e. The lowest BCUT2D eigenvalue weighted by Gasteiger charge is -2.41. The van der Waals surface area contributed by atoms with Gasteiger partial charge < -0.3 is 14.5 Å². The molecule has 4 aromatic rings. The molecule has 3 heterocycles. The number of aromatic nitrogens is 4. The average Bonchev–Trinajstić information content (AvgIpc) is 3.39. The molecule has 1 saturated heterocycles. The zero-order chi connectivity index (χ0) is 21.2. The molecule has 2 aromatic carbocycles. The number of benzene rings is 2. The third kappa shape index (κ3) is 3.95. The van der Waals surface area contributed by atoms with Crippen LogP contribution in [0.2, 0.25) is 0 Å². The van der Waals surface area contributed by atoms with Crippen molar-refractivity contribution in [1.29, 1.82) is 0 Å². The number of nitrogens with one attached hydrogen (secondary N) is 1. The molecule has 31 heavy (non-hydrogen) atoms. The Bertz CT molecular complexity index is 1150. The molecule has 0 bridgehead atoms. The van der Waals surface area contributed by atoms with E-state index in [1.54, 1.807) is 0 Å². The van der Waals surface area contributed by atoms with Crippen LogP contribution in [0.4, 0.5) is 5.95 Å². The molecule has 1 atom stereocenters. The largest absolute Gasteiger partial charge is 0.361 e. The van der Waals surface area contributed by atoms with Gasteiger partial charge in [-0.1, -0.05) is 55.5 Å². The molecule has 1 fully saturated rings. The van der Waals surface area contributed by atoms with E-state index in [1.165, 1.54) is 22.0 Å². The number of hydrogen-bond donors (Lipinski definition) is 1. The molecule has 160 valence electrons. The Balaban J connectivity index is 1.30. The molecular formula is C25H30N6. The van der Waals surface area contributed by atoms with Gasteiger partial charge in [0.15, 0.2) is 0 Å². The van der Waals surface area contributed by atoms with Gasteiger partial charge in [0.05, 0.1) is 0 Å². The van der Waals surface area contributed by atoms with Crippen molar-refractivity contribution in [2.24, 2.45) is 7.05 Å². The van der Waals surface area contributed by atoms with Crippen LogP contribution >= 0.6 is 0 Å². The Kier molecular flexibility index (Phi) is 5.47. The first-order valence-electron chi connectivity index (χ1n) is 11.2. The predicted octanol–water partition coefficient (Wildman–Crippen LogP) is 3.99. The summed E-state index contributed by atoms with van der Waals surface area (Å²) in [5.74, 6) is 1.98. The van der Waals surface area contributed by atoms with E-state index in [4.69, 9.17) is 0 Å². The van der Waals surface area contributed by atoms with Crippen LogP contribution in [-0.2, 0) is 20.0 Å². The van der Waals surface area contributed by atoms with E-state index in [0.29, 0.717) is 6.04 Å². The van der Waals surface area contributed by atoms with E-state index in [9.17, 15) is 0 Å². The van der Waals surface area contributed by atoms with Crippen LogP contribution in [0.5, 0.6) is 0 Å². The van der Waals surface area contributed by atoms with Crippen molar-refractivity contribution in [3.63, 3.8) is 0 Å². The van der Waals surface area contributed by atoms with Crippen LogP contribution < -0.4 is 4.90 Å². The van der Waals surface area contributed by atoms with Crippen LogP contribution in [0.3, 0.4) is 0 Å². The van der Waals surface area contributed by atoms with Crippen molar-refractivity contribution >= 4 is 16.9 Å². The molecule has 0 amide bonds. The molecule has 1 N–H and O–H groups in total. The van der Waals surface area contributed by atoms with Gasteiger partial charge >= 0.3 is 0 Å². The molecular weight excluding hydrogens is 384 g/mol. The molecule has 5 rings (SSSR count). The van der Waals surface area contributed by atoms with Crippen LogP contribution in [0.25, 0.3) is 10.9 Å². The van der Waals surface area contributed by atoms with Gasteiger partial charge in [0.2, 0.25) is 5.95 Å². The van der Waals surface area contributed by atoms with E-state index in [-0.39, 0.29) is 0 Å². The fourth-order valence-corrected chi connectivity index (χ4v) is 4.72. The summed E-state index contributed by atoms with van der Waals surface area (Å²) < 4.78 is 2.17. The maximum absolute atomic E-state index is 4.59. The first-order chi connectivity index (χ1) is 15.2. The standard InChI is InChI=1S/C25H30N6/c1-3-21-18-31(14-13-30(21)17-19-9-5-4-6-10-19)25-28-27-24(29(25)2)15-20-16-26-23-12-8-7-11-22(20)23/h4-12,16,21,26H,3,13-15,17-18H2,1-2H3. The molecule has 2 aromatic heterocycles. The highest BCUT2D eigenvalue weighted by atomic mass is 15.4. The van der Waals surface area contributed by atoms with Gasteiger partial charge in [0.1, 0.15) is 5.82 Å². The van der Waals surface area contributed by atoms with Crippen LogP contribution in [0.1, 0.15) is 30.3 Å². The van der Waals surface area contributed by atoms with Gasteiger partial charge in [-0.3, -0.25) is 4.90 Å². The molecule has 1 aliphatic rings. The number of anilines is 1. The van der Waals surface area contributed by atoms with E-state index < -0.39 is 0 Å². The van der Waals surface area contributed by atoms with Crippen molar-refractivity contribution in [1.82, 2.24) is 24.6 Å². The Labute approximate surface area is 183 Å². The quantitative estimate of drug-likeness (QED) is 0.518. The molecule has 1 aliphatic heterocycles. The fraction of sp³-hybridized carbons (Fsp3) is 0.360. The number of nitrogens with zero attached hydrogens (tertiary/aromatic N) is 5. The molecule has 0 spiro atoms. The fourth-order valence-electron chi connectivity index (χ4n) is 4.72. The van der Waals surface area contributed by atoms with Gasteiger partial charge in [-0.15, -0.1) is 10.2 Å². The summed E-state index contributed by atoms with van der Waals surface area (Å²) in [4.78, 5) is 8.37.